The number of nitrogens with two attached hydrogens (primary N) is 1. The molecule has 0 aromatic carbocycles. The normalized spacial score (nSPS) is 40.5. The van der Waals surface area contributed by atoms with E-state index in [1.54, 1.807) is 7.11 Å². The topological polar surface area (TPSA) is 47.3 Å². The summed E-state index contributed by atoms with van der Waals surface area (Å²) in [6.07, 6.45) is 0. The predicted octanol–water partition coefficient (Wildman–Crippen LogP) is -0.430. The molecule has 3 heteroatoms. The molecule has 1 fully saturated rings. The number of methoxy groups -OCH3 is 1. The summed E-state index contributed by atoms with van der Waals surface area (Å²) < 4.78 is 5.08. The molecule has 0 aliphatic carbocycles. The fraction of sp³-hybridized carbons (Fsp3) is 1.00. The van der Waals surface area contributed by atoms with E-state index in [4.69, 9.17) is 10.5 Å². The Morgan fingerprint density at radius 1 is 1.80 bits per heavy atom. The monoisotopic (exact) mass is 144 g/mol. The van der Waals surface area contributed by atoms with Crippen molar-refractivity contribution in [3.05, 3.63) is 0 Å². The molecule has 1 saturated heterocycles. The van der Waals surface area contributed by atoms with Crippen LogP contribution in [0.25, 0.3) is 0 Å². The number of hydrogen-bond donors (Lipinski definition) is 2. The van der Waals surface area contributed by atoms with Gasteiger partial charge in [-0.25, -0.2) is 0 Å². The van der Waals surface area contributed by atoms with Crippen molar-refractivity contribution < 1.29 is 4.74 Å². The fourth-order valence-electron chi connectivity index (χ4n) is 1.38. The summed E-state index contributed by atoms with van der Waals surface area (Å²) in [6.45, 7) is 4.80. The molecule has 2 atom stereocenters. The molecule has 1 rings (SSSR count). The van der Waals surface area contributed by atoms with E-state index >= 15 is 0 Å². The fourth-order valence-corrected chi connectivity index (χ4v) is 1.38. The van der Waals surface area contributed by atoms with Crippen molar-refractivity contribution in [2.75, 3.05) is 26.8 Å². The molecule has 1 aliphatic rings. The van der Waals surface area contributed by atoms with Gasteiger partial charge in [-0.15, -0.1) is 0 Å². The average Bonchev–Trinajstić information content (AvgIpc) is 2.15. The van der Waals surface area contributed by atoms with Crippen LogP contribution in [0.2, 0.25) is 0 Å². The van der Waals surface area contributed by atoms with Crippen molar-refractivity contribution in [2.45, 2.75) is 13.0 Å². The lowest BCUT2D eigenvalue weighted by Gasteiger charge is -2.26. The van der Waals surface area contributed by atoms with E-state index in [9.17, 15) is 0 Å². The Morgan fingerprint density at radius 2 is 2.50 bits per heavy atom. The van der Waals surface area contributed by atoms with Crippen molar-refractivity contribution in [1.29, 1.82) is 0 Å². The van der Waals surface area contributed by atoms with E-state index in [1.165, 1.54) is 0 Å². The van der Waals surface area contributed by atoms with E-state index < -0.39 is 0 Å². The second-order valence-corrected chi connectivity index (χ2v) is 3.32. The lowest BCUT2D eigenvalue weighted by molar-refractivity contribution is 0.0951. The Hall–Kier alpha value is -0.120. The molecule has 0 amide bonds. The molecule has 0 saturated carbocycles. The zero-order valence-corrected chi connectivity index (χ0v) is 6.68. The molecule has 10 heavy (non-hydrogen) atoms. The third-order valence-electron chi connectivity index (χ3n) is 2.26. The van der Waals surface area contributed by atoms with Crippen LogP contribution in [-0.4, -0.2) is 32.8 Å². The first kappa shape index (κ1) is 7.98. The Balaban J connectivity index is 2.48. The van der Waals surface area contributed by atoms with Crippen LogP contribution in [0, 0.1) is 5.41 Å². The number of ether oxygens (including phenoxy) is 1. The van der Waals surface area contributed by atoms with E-state index in [0.29, 0.717) is 0 Å². The zero-order valence-electron chi connectivity index (χ0n) is 6.68. The standard InChI is InChI=1S/C7H16N2O/c1-7(5-10-2)4-9-3-6(7)8/h6,9H,3-5,8H2,1-2H3. The summed E-state index contributed by atoms with van der Waals surface area (Å²) in [4.78, 5) is 0. The summed E-state index contributed by atoms with van der Waals surface area (Å²) in [6, 6.07) is 0.243. The molecule has 3 nitrogen and oxygen atoms in total. The molecule has 0 spiro atoms. The van der Waals surface area contributed by atoms with E-state index in [0.717, 1.165) is 19.7 Å². The lowest BCUT2D eigenvalue weighted by Crippen LogP contribution is -2.41. The van der Waals surface area contributed by atoms with Gasteiger partial charge >= 0.3 is 0 Å². The first-order valence-electron chi connectivity index (χ1n) is 3.64. The quantitative estimate of drug-likeness (QED) is 0.553. The van der Waals surface area contributed by atoms with Crippen LogP contribution in [0.4, 0.5) is 0 Å². The minimum absolute atomic E-state index is 0.148. The van der Waals surface area contributed by atoms with Crippen LogP contribution >= 0.6 is 0 Å². The highest BCUT2D eigenvalue weighted by atomic mass is 16.5. The molecule has 1 aliphatic heterocycles. The van der Waals surface area contributed by atoms with Crippen molar-refractivity contribution >= 4 is 0 Å². The van der Waals surface area contributed by atoms with Crippen molar-refractivity contribution in [3.63, 3.8) is 0 Å². The van der Waals surface area contributed by atoms with Crippen LogP contribution in [0.15, 0.2) is 0 Å². The highest BCUT2D eigenvalue weighted by Gasteiger charge is 2.35. The summed E-state index contributed by atoms with van der Waals surface area (Å²) >= 11 is 0. The largest absolute Gasteiger partial charge is 0.384 e. The van der Waals surface area contributed by atoms with Crippen LogP contribution < -0.4 is 11.1 Å². The summed E-state index contributed by atoms with van der Waals surface area (Å²) in [5.74, 6) is 0. The van der Waals surface area contributed by atoms with Crippen LogP contribution in [0.3, 0.4) is 0 Å². The maximum atomic E-state index is 5.86. The SMILES string of the molecule is COCC1(C)CNCC1N. The molecule has 0 bridgehead atoms. The molecule has 1 heterocycles. The second-order valence-electron chi connectivity index (χ2n) is 3.32. The predicted molar refractivity (Wildman–Crippen MR) is 40.8 cm³/mol. The Labute approximate surface area is 61.9 Å². The molecule has 3 N–H and O–H groups in total. The van der Waals surface area contributed by atoms with Crippen LogP contribution in [0.1, 0.15) is 6.92 Å². The molecule has 2 unspecified atom stereocenters. The first-order chi connectivity index (χ1) is 4.69. The maximum absolute atomic E-state index is 5.86. The van der Waals surface area contributed by atoms with Gasteiger partial charge in [-0.05, 0) is 0 Å². The summed E-state index contributed by atoms with van der Waals surface area (Å²) in [7, 11) is 1.72. The first-order valence-corrected chi connectivity index (χ1v) is 3.64. The lowest BCUT2D eigenvalue weighted by atomic mass is 9.87. The Morgan fingerprint density at radius 3 is 2.90 bits per heavy atom. The molecular weight excluding hydrogens is 128 g/mol. The van der Waals surface area contributed by atoms with Gasteiger partial charge < -0.3 is 15.8 Å². The Kier molecular flexibility index (Phi) is 2.28. The summed E-state index contributed by atoms with van der Waals surface area (Å²) in [5, 5.41) is 3.24. The average molecular weight is 144 g/mol. The van der Waals surface area contributed by atoms with E-state index in [1.807, 2.05) is 0 Å². The molecular formula is C7H16N2O. The number of hydrogen-bond acceptors (Lipinski definition) is 3. The number of rotatable bonds is 2. The Bertz CT molecular complexity index is 118. The minimum atomic E-state index is 0.148. The van der Waals surface area contributed by atoms with Crippen molar-refractivity contribution in [3.8, 4) is 0 Å². The van der Waals surface area contributed by atoms with Gasteiger partial charge in [0.05, 0.1) is 6.61 Å². The van der Waals surface area contributed by atoms with Gasteiger partial charge in [-0.1, -0.05) is 6.92 Å². The maximum Gasteiger partial charge on any atom is 0.0543 e. The van der Waals surface area contributed by atoms with Crippen molar-refractivity contribution in [1.82, 2.24) is 5.32 Å². The molecule has 0 radical (unpaired) electrons. The van der Waals surface area contributed by atoms with Gasteiger partial charge in [0.1, 0.15) is 0 Å². The highest BCUT2D eigenvalue weighted by molar-refractivity contribution is 4.94. The smallest absolute Gasteiger partial charge is 0.0543 e. The molecule has 60 valence electrons. The summed E-state index contributed by atoms with van der Waals surface area (Å²) in [5.41, 5.74) is 6.00. The molecule has 0 aromatic heterocycles. The van der Waals surface area contributed by atoms with Gasteiger partial charge in [0.2, 0.25) is 0 Å². The second kappa shape index (κ2) is 2.86. The van der Waals surface area contributed by atoms with Gasteiger partial charge in [0.25, 0.3) is 0 Å². The minimum Gasteiger partial charge on any atom is -0.384 e. The van der Waals surface area contributed by atoms with E-state index in [-0.39, 0.29) is 11.5 Å². The highest BCUT2D eigenvalue weighted by Crippen LogP contribution is 2.23. The van der Waals surface area contributed by atoms with E-state index in [2.05, 4.69) is 12.2 Å². The van der Waals surface area contributed by atoms with Crippen LogP contribution in [-0.2, 0) is 4.74 Å². The van der Waals surface area contributed by atoms with Crippen LogP contribution in [0.5, 0.6) is 0 Å². The third-order valence-corrected chi connectivity index (χ3v) is 2.26. The van der Waals surface area contributed by atoms with Gasteiger partial charge in [-0.2, -0.15) is 0 Å². The third kappa shape index (κ3) is 1.31. The van der Waals surface area contributed by atoms with Gasteiger partial charge in [0.15, 0.2) is 0 Å². The van der Waals surface area contributed by atoms with Gasteiger partial charge in [0, 0.05) is 31.7 Å². The van der Waals surface area contributed by atoms with Gasteiger partial charge in [-0.3, -0.25) is 0 Å². The zero-order chi connectivity index (χ0) is 7.61. The molecule has 0 aromatic rings. The number of nitrogens with one attached hydrogen (secondary N) is 1. The van der Waals surface area contributed by atoms with Crippen molar-refractivity contribution in [2.24, 2.45) is 11.1 Å².